The molecule has 1 aromatic heterocycles. The molecule has 1 aliphatic rings. The van der Waals surface area contributed by atoms with E-state index < -0.39 is 0 Å². The molecule has 2 rings (SSSR count). The second kappa shape index (κ2) is 5.78. The van der Waals surface area contributed by atoms with Crippen LogP contribution in [0.5, 0.6) is 0 Å². The van der Waals surface area contributed by atoms with Gasteiger partial charge in [0.05, 0.1) is 13.2 Å². The molecule has 0 aromatic carbocycles. The van der Waals surface area contributed by atoms with E-state index in [4.69, 9.17) is 14.0 Å². The zero-order valence-electron chi connectivity index (χ0n) is 11.4. The molecule has 0 bridgehead atoms. The summed E-state index contributed by atoms with van der Waals surface area (Å²) in [6.07, 6.45) is 2.08. The predicted octanol–water partition coefficient (Wildman–Crippen LogP) is 3.42. The maximum Gasteiger partial charge on any atom is 0.343 e. The van der Waals surface area contributed by atoms with Crippen LogP contribution >= 0.6 is 22.6 Å². The number of rotatable bonds is 6. The molecular formula is C13H18INO4. The zero-order chi connectivity index (χ0) is 14.0. The second-order valence-electron chi connectivity index (χ2n) is 5.02. The highest BCUT2D eigenvalue weighted by atomic mass is 127. The van der Waals surface area contributed by atoms with Crippen molar-refractivity contribution < 1.29 is 18.8 Å². The van der Waals surface area contributed by atoms with Crippen molar-refractivity contribution in [2.75, 3.05) is 6.61 Å². The van der Waals surface area contributed by atoms with Gasteiger partial charge in [-0.25, -0.2) is 4.79 Å². The lowest BCUT2D eigenvalue weighted by molar-refractivity contribution is 0.0441. The maximum absolute atomic E-state index is 12.0. The number of aromatic nitrogens is 1. The quantitative estimate of drug-likeness (QED) is 0.431. The number of halogens is 1. The van der Waals surface area contributed by atoms with E-state index in [2.05, 4.69) is 27.7 Å². The largest absolute Gasteiger partial charge is 0.462 e. The molecule has 0 amide bonds. The molecule has 0 N–H and O–H groups in total. The first-order chi connectivity index (χ1) is 8.92. The Morgan fingerprint density at radius 3 is 2.74 bits per heavy atom. The van der Waals surface area contributed by atoms with Crippen molar-refractivity contribution in [3.8, 4) is 0 Å². The molecule has 1 aromatic rings. The van der Waals surface area contributed by atoms with E-state index in [9.17, 15) is 4.79 Å². The molecular weight excluding hydrogens is 361 g/mol. The summed E-state index contributed by atoms with van der Waals surface area (Å²) in [5, 5.41) is 3.98. The monoisotopic (exact) mass is 379 g/mol. The first-order valence-electron chi connectivity index (χ1n) is 6.40. The summed E-state index contributed by atoms with van der Waals surface area (Å²) in [6, 6.07) is 0. The van der Waals surface area contributed by atoms with Crippen LogP contribution < -0.4 is 0 Å². The van der Waals surface area contributed by atoms with Crippen molar-refractivity contribution in [3.05, 3.63) is 17.0 Å². The van der Waals surface area contributed by atoms with Crippen molar-refractivity contribution in [1.82, 2.24) is 5.16 Å². The minimum Gasteiger partial charge on any atom is -0.462 e. The van der Waals surface area contributed by atoms with Crippen LogP contribution in [0.4, 0.5) is 0 Å². The third-order valence-corrected chi connectivity index (χ3v) is 3.08. The lowest BCUT2D eigenvalue weighted by Gasteiger charge is -2.16. The zero-order valence-corrected chi connectivity index (χ0v) is 13.5. The molecule has 0 unspecified atom stereocenters. The Labute approximate surface area is 126 Å². The highest BCUT2D eigenvalue weighted by Crippen LogP contribution is 2.42. The lowest BCUT2D eigenvalue weighted by atomic mass is 10.1. The minimum absolute atomic E-state index is 0.250. The maximum atomic E-state index is 12.0. The molecule has 1 fully saturated rings. The van der Waals surface area contributed by atoms with Gasteiger partial charge in [-0.2, -0.15) is 0 Å². The minimum atomic E-state index is -0.365. The fourth-order valence-corrected chi connectivity index (χ4v) is 1.88. The topological polar surface area (TPSA) is 61.6 Å². The van der Waals surface area contributed by atoms with Crippen LogP contribution in [0.2, 0.25) is 0 Å². The van der Waals surface area contributed by atoms with Crippen molar-refractivity contribution in [2.45, 2.75) is 49.7 Å². The van der Waals surface area contributed by atoms with E-state index in [-0.39, 0.29) is 16.2 Å². The molecule has 19 heavy (non-hydrogen) atoms. The van der Waals surface area contributed by atoms with E-state index in [0.717, 1.165) is 12.8 Å². The van der Waals surface area contributed by atoms with Gasteiger partial charge in [0.1, 0.15) is 14.9 Å². The van der Waals surface area contributed by atoms with Gasteiger partial charge in [-0.05, 0) is 56.2 Å². The number of hydrogen-bond donors (Lipinski definition) is 0. The molecule has 1 saturated carbocycles. The van der Waals surface area contributed by atoms with Gasteiger partial charge in [0.2, 0.25) is 0 Å². The highest BCUT2D eigenvalue weighted by molar-refractivity contribution is 14.1. The van der Waals surface area contributed by atoms with Gasteiger partial charge in [-0.3, -0.25) is 0 Å². The number of carbonyl (C=O) groups is 1. The Bertz CT molecular complexity index is 460. The molecule has 5 nitrogen and oxygen atoms in total. The number of nitrogens with zero attached hydrogens (tertiary/aromatic N) is 1. The lowest BCUT2D eigenvalue weighted by Crippen LogP contribution is -2.16. The predicted molar refractivity (Wildman–Crippen MR) is 77.3 cm³/mol. The third-order valence-electron chi connectivity index (χ3n) is 2.77. The average molecular weight is 379 g/mol. The van der Waals surface area contributed by atoms with Crippen molar-refractivity contribution in [3.63, 3.8) is 0 Å². The Morgan fingerprint density at radius 2 is 2.21 bits per heavy atom. The SMILES string of the molecule is CCOC(=O)c1c(COC(C)(C)I)noc1C1CC1. The first kappa shape index (κ1) is 14.8. The molecule has 1 aliphatic carbocycles. The Kier molecular flexibility index (Phi) is 4.50. The summed E-state index contributed by atoms with van der Waals surface area (Å²) in [6.45, 7) is 6.26. The molecule has 106 valence electrons. The van der Waals surface area contributed by atoms with Crippen LogP contribution in [-0.4, -0.2) is 21.3 Å². The van der Waals surface area contributed by atoms with E-state index in [1.54, 1.807) is 6.92 Å². The summed E-state index contributed by atoms with van der Waals surface area (Å²) in [7, 11) is 0. The molecule has 1 heterocycles. The number of alkyl halides is 1. The van der Waals surface area contributed by atoms with E-state index in [1.165, 1.54) is 0 Å². The first-order valence-corrected chi connectivity index (χ1v) is 7.48. The van der Waals surface area contributed by atoms with Gasteiger partial charge in [-0.1, -0.05) is 5.16 Å². The van der Waals surface area contributed by atoms with Crippen LogP contribution in [0.1, 0.15) is 61.3 Å². The number of hydrogen-bond acceptors (Lipinski definition) is 5. The molecule has 6 heteroatoms. The van der Waals surface area contributed by atoms with Crippen LogP contribution in [0.15, 0.2) is 4.52 Å². The van der Waals surface area contributed by atoms with Crippen LogP contribution in [0.3, 0.4) is 0 Å². The summed E-state index contributed by atoms with van der Waals surface area (Å²) >= 11 is 2.18. The number of esters is 1. The van der Waals surface area contributed by atoms with E-state index >= 15 is 0 Å². The van der Waals surface area contributed by atoms with Crippen molar-refractivity contribution >= 4 is 28.6 Å². The third kappa shape index (κ3) is 3.92. The Hall–Kier alpha value is -0.630. The van der Waals surface area contributed by atoms with E-state index in [1.807, 2.05) is 13.8 Å². The van der Waals surface area contributed by atoms with Gasteiger partial charge in [-0.15, -0.1) is 0 Å². The normalized spacial score (nSPS) is 15.6. The van der Waals surface area contributed by atoms with Crippen molar-refractivity contribution in [1.29, 1.82) is 0 Å². The van der Waals surface area contributed by atoms with Crippen LogP contribution in [0.25, 0.3) is 0 Å². The molecule has 0 spiro atoms. The Balaban J connectivity index is 2.20. The van der Waals surface area contributed by atoms with Crippen LogP contribution in [-0.2, 0) is 16.1 Å². The smallest absolute Gasteiger partial charge is 0.343 e. The fraction of sp³-hybridized carbons (Fsp3) is 0.692. The number of carbonyl (C=O) groups excluding carboxylic acids is 1. The molecule has 0 saturated heterocycles. The van der Waals surface area contributed by atoms with E-state index in [0.29, 0.717) is 29.5 Å². The number of ether oxygens (including phenoxy) is 2. The molecule has 0 radical (unpaired) electrons. The highest BCUT2D eigenvalue weighted by Gasteiger charge is 2.35. The van der Waals surface area contributed by atoms with Crippen molar-refractivity contribution in [2.24, 2.45) is 0 Å². The van der Waals surface area contributed by atoms with Gasteiger partial charge in [0, 0.05) is 5.92 Å². The second-order valence-corrected chi connectivity index (χ2v) is 7.61. The Morgan fingerprint density at radius 1 is 1.53 bits per heavy atom. The average Bonchev–Trinajstić information content (AvgIpc) is 3.06. The standard InChI is InChI=1S/C13H18INO4/c1-4-17-12(16)10-9(7-18-13(2,3)14)15-19-11(10)8-5-6-8/h8H,4-7H2,1-3H3. The summed E-state index contributed by atoms with van der Waals surface area (Å²) in [5.41, 5.74) is 0.995. The summed E-state index contributed by atoms with van der Waals surface area (Å²) in [4.78, 5) is 12.0. The van der Waals surface area contributed by atoms with Crippen LogP contribution in [0, 0.1) is 0 Å². The molecule has 0 aliphatic heterocycles. The summed E-state index contributed by atoms with van der Waals surface area (Å²) in [5.74, 6) is 0.604. The molecule has 0 atom stereocenters. The van der Waals surface area contributed by atoms with Gasteiger partial charge >= 0.3 is 5.97 Å². The van der Waals surface area contributed by atoms with Gasteiger partial charge in [0.15, 0.2) is 5.76 Å². The summed E-state index contributed by atoms with van der Waals surface area (Å²) < 4.78 is 15.7. The van der Waals surface area contributed by atoms with Gasteiger partial charge in [0.25, 0.3) is 0 Å². The van der Waals surface area contributed by atoms with Gasteiger partial charge < -0.3 is 14.0 Å². The fourth-order valence-electron chi connectivity index (χ4n) is 1.72.